The van der Waals surface area contributed by atoms with Crippen LogP contribution in [0.2, 0.25) is 0 Å². The summed E-state index contributed by atoms with van der Waals surface area (Å²) in [6.45, 7) is 9.55. The van der Waals surface area contributed by atoms with Gasteiger partial charge in [-0.05, 0) is 56.7 Å². The summed E-state index contributed by atoms with van der Waals surface area (Å²) in [5.41, 5.74) is 3.67. The maximum atomic E-state index is 13.0. The van der Waals surface area contributed by atoms with Crippen LogP contribution in [0.15, 0.2) is 42.5 Å². The maximum absolute atomic E-state index is 13.0. The third kappa shape index (κ3) is 5.22. The summed E-state index contributed by atoms with van der Waals surface area (Å²) in [6, 6.07) is 13.6. The number of aryl methyl sites for hydroxylation is 2. The number of hydrogen-bond donors (Lipinski definition) is 1. The first-order chi connectivity index (χ1) is 16.2. The molecule has 1 aromatic heterocycles. The SMILES string of the molecule is CC(=O)N1CCN(CC(=O)Nc2ccc3c(c2)nc(C)n3C)[C@@H](c2ccc(OC(C)C)cc2)C1. The van der Waals surface area contributed by atoms with Crippen LogP contribution in [0.4, 0.5) is 5.69 Å². The third-order valence-electron chi connectivity index (χ3n) is 6.31. The molecular formula is C26H33N5O3. The summed E-state index contributed by atoms with van der Waals surface area (Å²) in [4.78, 5) is 33.6. The molecule has 8 heteroatoms. The number of benzene rings is 2. The molecule has 0 radical (unpaired) electrons. The van der Waals surface area contributed by atoms with Gasteiger partial charge in [-0.3, -0.25) is 14.5 Å². The zero-order chi connectivity index (χ0) is 24.4. The van der Waals surface area contributed by atoms with E-state index in [2.05, 4.69) is 15.2 Å². The second-order valence-corrected chi connectivity index (χ2v) is 9.16. The Morgan fingerprint density at radius 3 is 2.56 bits per heavy atom. The van der Waals surface area contributed by atoms with Gasteiger partial charge >= 0.3 is 0 Å². The summed E-state index contributed by atoms with van der Waals surface area (Å²) < 4.78 is 7.79. The molecule has 1 aliphatic heterocycles. The number of carbonyl (C=O) groups excluding carboxylic acids is 2. The van der Waals surface area contributed by atoms with Gasteiger partial charge in [-0.25, -0.2) is 4.98 Å². The first-order valence-electron chi connectivity index (χ1n) is 11.7. The number of amides is 2. The Balaban J connectivity index is 1.49. The highest BCUT2D eigenvalue weighted by Gasteiger charge is 2.30. The van der Waals surface area contributed by atoms with Crippen molar-refractivity contribution in [2.24, 2.45) is 7.05 Å². The normalized spacial score (nSPS) is 16.8. The number of carbonyl (C=O) groups is 2. The van der Waals surface area contributed by atoms with Gasteiger partial charge in [0.2, 0.25) is 11.8 Å². The molecule has 0 unspecified atom stereocenters. The number of fused-ring (bicyclic) bond motifs is 1. The molecule has 1 aliphatic rings. The first kappa shape index (κ1) is 23.8. The van der Waals surface area contributed by atoms with Crippen LogP contribution in [0.25, 0.3) is 11.0 Å². The minimum Gasteiger partial charge on any atom is -0.491 e. The van der Waals surface area contributed by atoms with Crippen molar-refractivity contribution >= 4 is 28.5 Å². The molecule has 2 heterocycles. The lowest BCUT2D eigenvalue weighted by molar-refractivity contribution is -0.132. The van der Waals surface area contributed by atoms with Crippen LogP contribution in [0, 0.1) is 6.92 Å². The molecule has 0 saturated carbocycles. The highest BCUT2D eigenvalue weighted by Crippen LogP contribution is 2.28. The highest BCUT2D eigenvalue weighted by atomic mass is 16.5. The molecule has 2 aromatic carbocycles. The fraction of sp³-hybridized carbons (Fsp3) is 0.423. The second kappa shape index (κ2) is 9.85. The summed E-state index contributed by atoms with van der Waals surface area (Å²) in [6.07, 6.45) is 0.100. The monoisotopic (exact) mass is 463 g/mol. The van der Waals surface area contributed by atoms with E-state index in [1.807, 2.05) is 79.8 Å². The number of hydrogen-bond acceptors (Lipinski definition) is 5. The molecule has 0 spiro atoms. The molecule has 0 bridgehead atoms. The van der Waals surface area contributed by atoms with Gasteiger partial charge in [0.1, 0.15) is 11.6 Å². The molecule has 4 rings (SSSR count). The van der Waals surface area contributed by atoms with Crippen LogP contribution >= 0.6 is 0 Å². The van der Waals surface area contributed by atoms with Crippen LogP contribution in [0.1, 0.15) is 38.2 Å². The Morgan fingerprint density at radius 1 is 1.15 bits per heavy atom. The van der Waals surface area contributed by atoms with Crippen LogP contribution in [0.3, 0.4) is 0 Å². The molecule has 1 atom stereocenters. The number of rotatable bonds is 6. The van der Waals surface area contributed by atoms with E-state index in [9.17, 15) is 9.59 Å². The summed E-state index contributed by atoms with van der Waals surface area (Å²) in [5.74, 6) is 1.69. The molecule has 0 aliphatic carbocycles. The van der Waals surface area contributed by atoms with Crippen molar-refractivity contribution in [1.82, 2.24) is 19.4 Å². The number of ether oxygens (including phenoxy) is 1. The van der Waals surface area contributed by atoms with E-state index in [1.165, 1.54) is 0 Å². The molecule has 1 N–H and O–H groups in total. The topological polar surface area (TPSA) is 79.7 Å². The van der Waals surface area contributed by atoms with E-state index < -0.39 is 0 Å². The largest absolute Gasteiger partial charge is 0.491 e. The predicted octanol–water partition coefficient (Wildman–Crippen LogP) is 3.51. The Labute approximate surface area is 200 Å². The van der Waals surface area contributed by atoms with Crippen LogP contribution in [-0.2, 0) is 16.6 Å². The van der Waals surface area contributed by atoms with Crippen molar-refractivity contribution in [2.45, 2.75) is 39.8 Å². The lowest BCUT2D eigenvalue weighted by Crippen LogP contribution is -2.51. The Bertz CT molecular complexity index is 1190. The van der Waals surface area contributed by atoms with Gasteiger partial charge in [-0.15, -0.1) is 0 Å². The van der Waals surface area contributed by atoms with Crippen LogP contribution < -0.4 is 10.1 Å². The van der Waals surface area contributed by atoms with E-state index in [-0.39, 0.29) is 30.5 Å². The van der Waals surface area contributed by atoms with Crippen molar-refractivity contribution in [1.29, 1.82) is 0 Å². The Kier molecular flexibility index (Phi) is 6.88. The van der Waals surface area contributed by atoms with Gasteiger partial charge < -0.3 is 19.5 Å². The van der Waals surface area contributed by atoms with Gasteiger partial charge in [0.05, 0.1) is 29.7 Å². The Morgan fingerprint density at radius 2 is 1.88 bits per heavy atom. The van der Waals surface area contributed by atoms with Gasteiger partial charge in [-0.1, -0.05) is 12.1 Å². The smallest absolute Gasteiger partial charge is 0.238 e. The van der Waals surface area contributed by atoms with Crippen LogP contribution in [0.5, 0.6) is 5.75 Å². The number of anilines is 1. The summed E-state index contributed by atoms with van der Waals surface area (Å²) in [5, 5.41) is 3.02. The van der Waals surface area contributed by atoms with E-state index in [0.29, 0.717) is 19.6 Å². The van der Waals surface area contributed by atoms with Gasteiger partial charge in [0.25, 0.3) is 0 Å². The average Bonchev–Trinajstić information content (AvgIpc) is 3.07. The van der Waals surface area contributed by atoms with Gasteiger partial charge in [0, 0.05) is 39.3 Å². The molecule has 1 saturated heterocycles. The van der Waals surface area contributed by atoms with Crippen molar-refractivity contribution < 1.29 is 14.3 Å². The number of nitrogens with one attached hydrogen (secondary N) is 1. The summed E-state index contributed by atoms with van der Waals surface area (Å²) in [7, 11) is 1.98. The highest BCUT2D eigenvalue weighted by molar-refractivity contribution is 5.94. The zero-order valence-electron chi connectivity index (χ0n) is 20.5. The molecule has 2 amide bonds. The number of piperazine rings is 1. The quantitative estimate of drug-likeness (QED) is 0.605. The van der Waals surface area contributed by atoms with Gasteiger partial charge in [0.15, 0.2) is 0 Å². The number of imidazole rings is 1. The van der Waals surface area contributed by atoms with Crippen molar-refractivity contribution in [3.05, 3.63) is 53.9 Å². The molecular weight excluding hydrogens is 430 g/mol. The van der Waals surface area contributed by atoms with E-state index in [0.717, 1.165) is 33.9 Å². The number of nitrogens with zero attached hydrogens (tertiary/aromatic N) is 4. The van der Waals surface area contributed by atoms with Crippen molar-refractivity contribution in [3.8, 4) is 5.75 Å². The zero-order valence-corrected chi connectivity index (χ0v) is 20.5. The number of aromatic nitrogens is 2. The maximum Gasteiger partial charge on any atom is 0.238 e. The average molecular weight is 464 g/mol. The standard InChI is InChI=1S/C26H33N5O3/c1-17(2)34-22-9-6-20(7-10-22)25-15-30(19(4)32)12-13-31(25)16-26(33)28-21-8-11-24-23(14-21)27-18(3)29(24)5/h6-11,14,17,25H,12-13,15-16H2,1-5H3,(H,28,33)/t25-/m1/s1. The van der Waals surface area contributed by atoms with Crippen molar-refractivity contribution in [3.63, 3.8) is 0 Å². The lowest BCUT2D eigenvalue weighted by atomic mass is 10.0. The molecule has 1 fully saturated rings. The summed E-state index contributed by atoms with van der Waals surface area (Å²) >= 11 is 0. The molecule has 34 heavy (non-hydrogen) atoms. The van der Waals surface area contributed by atoms with Crippen molar-refractivity contribution in [2.75, 3.05) is 31.5 Å². The van der Waals surface area contributed by atoms with Gasteiger partial charge in [-0.2, -0.15) is 0 Å². The fourth-order valence-corrected chi connectivity index (χ4v) is 4.44. The fourth-order valence-electron chi connectivity index (χ4n) is 4.44. The van der Waals surface area contributed by atoms with E-state index >= 15 is 0 Å². The minimum absolute atomic E-state index is 0.0489. The van der Waals surface area contributed by atoms with Crippen LogP contribution in [-0.4, -0.2) is 63.4 Å². The third-order valence-corrected chi connectivity index (χ3v) is 6.31. The minimum atomic E-state index is -0.0898. The molecule has 8 nitrogen and oxygen atoms in total. The first-order valence-corrected chi connectivity index (χ1v) is 11.7. The van der Waals surface area contributed by atoms with E-state index in [4.69, 9.17) is 4.74 Å². The molecule has 180 valence electrons. The molecule has 3 aromatic rings. The second-order valence-electron chi connectivity index (χ2n) is 9.16. The Hall–Kier alpha value is -3.39. The predicted molar refractivity (Wildman–Crippen MR) is 133 cm³/mol. The lowest BCUT2D eigenvalue weighted by Gasteiger charge is -2.41. The van der Waals surface area contributed by atoms with E-state index in [1.54, 1.807) is 6.92 Å².